The molecule has 1 fully saturated rings. The third-order valence-electron chi connectivity index (χ3n) is 4.74. The number of nitrogens with zero attached hydrogens (tertiary/aromatic N) is 2. The largest absolute Gasteiger partial charge is 0.351 e. The van der Waals surface area contributed by atoms with Crippen molar-refractivity contribution in [2.24, 2.45) is 5.92 Å². The molecule has 7 heteroatoms. The number of nitro groups is 1. The molecule has 0 bridgehead atoms. The van der Waals surface area contributed by atoms with Gasteiger partial charge >= 0.3 is 0 Å². The predicted molar refractivity (Wildman–Crippen MR) is 99.8 cm³/mol. The van der Waals surface area contributed by atoms with Gasteiger partial charge in [0.05, 0.1) is 10.8 Å². The molecule has 2 aromatic rings. The first-order valence-corrected chi connectivity index (χ1v) is 8.86. The highest BCUT2D eigenvalue weighted by molar-refractivity contribution is 5.89. The molecule has 1 aliphatic rings. The van der Waals surface area contributed by atoms with E-state index in [1.54, 1.807) is 23.1 Å². The maximum atomic E-state index is 12.4. The summed E-state index contributed by atoms with van der Waals surface area (Å²) in [6, 6.07) is 16.2. The number of para-hydroxylation sites is 1. The molecule has 1 N–H and O–H groups in total. The molecule has 140 valence electrons. The number of nitro benzene ring substituents is 1. The first-order valence-electron chi connectivity index (χ1n) is 8.86. The number of likely N-dealkylation sites (tertiary alicyclic amines) is 1. The first-order chi connectivity index (χ1) is 13.0. The fourth-order valence-electron chi connectivity index (χ4n) is 3.24. The lowest BCUT2D eigenvalue weighted by molar-refractivity contribution is -0.385. The number of amides is 2. The monoisotopic (exact) mass is 367 g/mol. The molecule has 0 aliphatic carbocycles. The SMILES string of the molecule is O=C(NCc1ccccc1[N+](=O)[O-])[C@@H]1CC(=O)N(CCc2ccccc2)C1. The van der Waals surface area contributed by atoms with Crippen LogP contribution >= 0.6 is 0 Å². The standard InChI is InChI=1S/C20H21N3O4/c24-19-12-17(14-22(19)11-10-15-6-2-1-3-7-15)20(25)21-13-16-8-4-5-9-18(16)23(26)27/h1-9,17H,10-14H2,(H,21,25)/t17-/m1/s1. The summed E-state index contributed by atoms with van der Waals surface area (Å²) in [6.45, 7) is 1.04. The lowest BCUT2D eigenvalue weighted by atomic mass is 10.1. The van der Waals surface area contributed by atoms with Crippen molar-refractivity contribution in [3.05, 3.63) is 75.8 Å². The zero-order chi connectivity index (χ0) is 19.2. The molecule has 1 atom stereocenters. The third kappa shape index (κ3) is 4.69. The van der Waals surface area contributed by atoms with Gasteiger partial charge in [-0.2, -0.15) is 0 Å². The summed E-state index contributed by atoms with van der Waals surface area (Å²) in [6.07, 6.45) is 0.925. The molecule has 1 aliphatic heterocycles. The molecule has 2 aromatic carbocycles. The number of rotatable bonds is 7. The van der Waals surface area contributed by atoms with Crippen LogP contribution in [0.5, 0.6) is 0 Å². The first kappa shape index (κ1) is 18.6. The lowest BCUT2D eigenvalue weighted by Crippen LogP contribution is -2.33. The van der Waals surface area contributed by atoms with Crippen molar-refractivity contribution in [3.63, 3.8) is 0 Å². The highest BCUT2D eigenvalue weighted by Gasteiger charge is 2.34. The van der Waals surface area contributed by atoms with Crippen LogP contribution in [-0.4, -0.2) is 34.7 Å². The van der Waals surface area contributed by atoms with E-state index >= 15 is 0 Å². The van der Waals surface area contributed by atoms with E-state index in [0.717, 1.165) is 12.0 Å². The molecule has 0 spiro atoms. The van der Waals surface area contributed by atoms with Gasteiger partial charge in [0.25, 0.3) is 5.69 Å². The number of carbonyl (C=O) groups is 2. The minimum Gasteiger partial charge on any atom is -0.351 e. The average molecular weight is 367 g/mol. The van der Waals surface area contributed by atoms with Gasteiger partial charge in [0, 0.05) is 37.7 Å². The Hall–Kier alpha value is -3.22. The van der Waals surface area contributed by atoms with E-state index < -0.39 is 10.8 Å². The number of hydrogen-bond acceptors (Lipinski definition) is 4. The minimum absolute atomic E-state index is 0.0233. The second kappa shape index (κ2) is 8.44. The van der Waals surface area contributed by atoms with Gasteiger partial charge in [0.2, 0.25) is 11.8 Å². The van der Waals surface area contributed by atoms with Gasteiger partial charge in [-0.05, 0) is 12.0 Å². The second-order valence-electron chi connectivity index (χ2n) is 6.58. The van der Waals surface area contributed by atoms with E-state index in [9.17, 15) is 19.7 Å². The topological polar surface area (TPSA) is 92.5 Å². The summed E-state index contributed by atoms with van der Waals surface area (Å²) in [5.74, 6) is -0.698. The summed E-state index contributed by atoms with van der Waals surface area (Å²) in [4.78, 5) is 36.9. The molecule has 2 amide bonds. The Kier molecular flexibility index (Phi) is 5.80. The quantitative estimate of drug-likeness (QED) is 0.600. The van der Waals surface area contributed by atoms with Crippen molar-refractivity contribution in [2.45, 2.75) is 19.4 Å². The molecule has 1 heterocycles. The molecule has 0 unspecified atom stereocenters. The Morgan fingerprint density at radius 3 is 2.59 bits per heavy atom. The normalized spacial score (nSPS) is 16.4. The molecule has 7 nitrogen and oxygen atoms in total. The van der Waals surface area contributed by atoms with Crippen molar-refractivity contribution in [1.29, 1.82) is 0 Å². The van der Waals surface area contributed by atoms with E-state index in [4.69, 9.17) is 0 Å². The summed E-state index contributed by atoms with van der Waals surface area (Å²) in [5, 5.41) is 13.8. The van der Waals surface area contributed by atoms with Crippen molar-refractivity contribution >= 4 is 17.5 Å². The predicted octanol–water partition coefficient (Wildman–Crippen LogP) is 2.30. The van der Waals surface area contributed by atoms with Gasteiger partial charge in [-0.3, -0.25) is 19.7 Å². The molecule has 27 heavy (non-hydrogen) atoms. The molecule has 0 radical (unpaired) electrons. The fourth-order valence-corrected chi connectivity index (χ4v) is 3.24. The minimum atomic E-state index is -0.466. The van der Waals surface area contributed by atoms with Crippen molar-refractivity contribution in [1.82, 2.24) is 10.2 Å². The van der Waals surface area contributed by atoms with Crippen LogP contribution in [-0.2, 0) is 22.6 Å². The third-order valence-corrected chi connectivity index (χ3v) is 4.74. The number of benzene rings is 2. The molecule has 1 saturated heterocycles. The van der Waals surface area contributed by atoms with E-state index in [1.807, 2.05) is 30.3 Å². The highest BCUT2D eigenvalue weighted by Crippen LogP contribution is 2.20. The van der Waals surface area contributed by atoms with Crippen LogP contribution in [0.15, 0.2) is 54.6 Å². The van der Waals surface area contributed by atoms with Gasteiger partial charge in [-0.1, -0.05) is 48.5 Å². The molecular weight excluding hydrogens is 346 g/mol. The number of nitrogens with one attached hydrogen (secondary N) is 1. The molecule has 0 aromatic heterocycles. The van der Waals surface area contributed by atoms with E-state index in [2.05, 4.69) is 5.32 Å². The van der Waals surface area contributed by atoms with Crippen LogP contribution in [0.25, 0.3) is 0 Å². The summed E-state index contributed by atoms with van der Waals surface area (Å²) in [7, 11) is 0. The smallest absolute Gasteiger partial charge is 0.274 e. The van der Waals surface area contributed by atoms with Crippen LogP contribution in [0.1, 0.15) is 17.5 Å². The van der Waals surface area contributed by atoms with Crippen LogP contribution in [0.4, 0.5) is 5.69 Å². The van der Waals surface area contributed by atoms with E-state index in [0.29, 0.717) is 18.7 Å². The number of hydrogen-bond donors (Lipinski definition) is 1. The Morgan fingerprint density at radius 2 is 1.85 bits per heavy atom. The van der Waals surface area contributed by atoms with Gasteiger partial charge in [-0.15, -0.1) is 0 Å². The summed E-state index contributed by atoms with van der Waals surface area (Å²) in [5.41, 5.74) is 1.57. The van der Waals surface area contributed by atoms with Gasteiger partial charge in [0.1, 0.15) is 0 Å². The molecule has 0 saturated carbocycles. The Bertz CT molecular complexity index is 838. The maximum absolute atomic E-state index is 12.4. The van der Waals surface area contributed by atoms with Crippen LogP contribution in [0, 0.1) is 16.0 Å². The second-order valence-corrected chi connectivity index (χ2v) is 6.58. The Balaban J connectivity index is 1.52. The summed E-state index contributed by atoms with van der Waals surface area (Å²) < 4.78 is 0. The molecule has 3 rings (SSSR count). The van der Waals surface area contributed by atoms with Crippen LogP contribution in [0.2, 0.25) is 0 Å². The van der Waals surface area contributed by atoms with Crippen molar-refractivity contribution in [3.8, 4) is 0 Å². The van der Waals surface area contributed by atoms with Crippen molar-refractivity contribution < 1.29 is 14.5 Å². The fraction of sp³-hybridized carbons (Fsp3) is 0.300. The number of carbonyl (C=O) groups excluding carboxylic acids is 2. The zero-order valence-corrected chi connectivity index (χ0v) is 14.8. The van der Waals surface area contributed by atoms with E-state index in [-0.39, 0.29) is 30.5 Å². The van der Waals surface area contributed by atoms with Crippen LogP contribution < -0.4 is 5.32 Å². The Morgan fingerprint density at radius 1 is 1.15 bits per heavy atom. The van der Waals surface area contributed by atoms with Gasteiger partial charge in [0.15, 0.2) is 0 Å². The van der Waals surface area contributed by atoms with Crippen molar-refractivity contribution in [2.75, 3.05) is 13.1 Å². The zero-order valence-electron chi connectivity index (χ0n) is 14.8. The summed E-state index contributed by atoms with van der Waals surface area (Å²) >= 11 is 0. The Labute approximate surface area is 157 Å². The van der Waals surface area contributed by atoms with Crippen LogP contribution in [0.3, 0.4) is 0 Å². The maximum Gasteiger partial charge on any atom is 0.274 e. The molecular formula is C20H21N3O4. The lowest BCUT2D eigenvalue weighted by Gasteiger charge is -2.16. The average Bonchev–Trinajstić information content (AvgIpc) is 3.06. The van der Waals surface area contributed by atoms with Gasteiger partial charge < -0.3 is 10.2 Å². The van der Waals surface area contributed by atoms with Gasteiger partial charge in [-0.25, -0.2) is 0 Å². The van der Waals surface area contributed by atoms with E-state index in [1.165, 1.54) is 6.07 Å². The highest BCUT2D eigenvalue weighted by atomic mass is 16.6.